The molecular formula is C20H19N3O6. The van der Waals surface area contributed by atoms with Crippen LogP contribution in [0.2, 0.25) is 0 Å². The summed E-state index contributed by atoms with van der Waals surface area (Å²) in [7, 11) is 1.54. The Balaban J connectivity index is 1.64. The van der Waals surface area contributed by atoms with Gasteiger partial charge in [0, 0.05) is 17.3 Å². The molecular weight excluding hydrogens is 378 g/mol. The molecule has 0 saturated carbocycles. The second kappa shape index (κ2) is 7.17. The minimum Gasteiger partial charge on any atom is -0.506 e. The number of aryl methyl sites for hydroxylation is 1. The number of barbiturate groups is 1. The number of nitrogens with zero attached hydrogens (tertiary/aromatic N) is 2. The molecule has 4 amide bonds. The van der Waals surface area contributed by atoms with Crippen molar-refractivity contribution < 1.29 is 29.0 Å². The third-order valence-electron chi connectivity index (χ3n) is 5.15. The summed E-state index contributed by atoms with van der Waals surface area (Å²) in [5.74, 6) is -2.19. The molecule has 1 fully saturated rings. The largest absolute Gasteiger partial charge is 0.506 e. The van der Waals surface area contributed by atoms with Crippen molar-refractivity contribution in [3.63, 3.8) is 0 Å². The third kappa shape index (κ3) is 3.19. The predicted octanol–water partition coefficient (Wildman–Crippen LogP) is 1.57. The van der Waals surface area contributed by atoms with Crippen LogP contribution < -0.4 is 10.1 Å². The predicted molar refractivity (Wildman–Crippen MR) is 98.7 cm³/mol. The first kappa shape index (κ1) is 18.9. The maximum Gasteiger partial charge on any atom is 0.331 e. The highest BCUT2D eigenvalue weighted by Gasteiger charge is 2.49. The number of methoxy groups -OCH3 is 1. The molecule has 9 heteroatoms. The first-order valence-corrected chi connectivity index (χ1v) is 8.98. The molecule has 1 saturated heterocycles. The van der Waals surface area contributed by atoms with Crippen LogP contribution in [0.15, 0.2) is 30.5 Å². The number of carbonyl (C=O) groups is 3. The standard InChI is InChI=1S/C20H19N3O6/c1-10-16(24)14-12(7-21-10)9-29-17(14)15-18(25)22-20(27)23(19(15)26)8-11-3-5-13(28-2)6-4-11/h3-7,15,17,24H,8-9H2,1-2H3,(H,22,25,27). The van der Waals surface area contributed by atoms with Gasteiger partial charge in [-0.2, -0.15) is 0 Å². The van der Waals surface area contributed by atoms with Gasteiger partial charge in [0.25, 0.3) is 0 Å². The summed E-state index contributed by atoms with van der Waals surface area (Å²) >= 11 is 0. The zero-order valence-electron chi connectivity index (χ0n) is 15.8. The van der Waals surface area contributed by atoms with Gasteiger partial charge in [-0.05, 0) is 24.6 Å². The van der Waals surface area contributed by atoms with Crippen molar-refractivity contribution in [3.8, 4) is 11.5 Å². The van der Waals surface area contributed by atoms with Gasteiger partial charge in [0.2, 0.25) is 11.8 Å². The summed E-state index contributed by atoms with van der Waals surface area (Å²) in [6.07, 6.45) is 0.557. The number of aromatic nitrogens is 1. The van der Waals surface area contributed by atoms with Crippen LogP contribution in [-0.2, 0) is 27.5 Å². The Labute approximate surface area is 166 Å². The van der Waals surface area contributed by atoms with E-state index in [1.54, 1.807) is 44.5 Å². The normalized spacial score (nSPS) is 21.2. The Morgan fingerprint density at radius 3 is 2.69 bits per heavy atom. The van der Waals surface area contributed by atoms with E-state index >= 15 is 0 Å². The first-order valence-electron chi connectivity index (χ1n) is 8.98. The Morgan fingerprint density at radius 1 is 1.28 bits per heavy atom. The van der Waals surface area contributed by atoms with Crippen molar-refractivity contribution in [1.29, 1.82) is 0 Å². The Morgan fingerprint density at radius 2 is 2.00 bits per heavy atom. The van der Waals surface area contributed by atoms with Gasteiger partial charge in [0.1, 0.15) is 23.5 Å². The monoisotopic (exact) mass is 397 g/mol. The molecule has 3 heterocycles. The molecule has 0 bridgehead atoms. The number of hydrogen-bond donors (Lipinski definition) is 2. The molecule has 1 aromatic heterocycles. The molecule has 2 unspecified atom stereocenters. The average molecular weight is 397 g/mol. The summed E-state index contributed by atoms with van der Waals surface area (Å²) in [6, 6.07) is 6.10. The van der Waals surface area contributed by atoms with Crippen molar-refractivity contribution in [2.45, 2.75) is 26.2 Å². The second-order valence-corrected chi connectivity index (χ2v) is 6.91. The molecule has 2 N–H and O–H groups in total. The smallest absolute Gasteiger partial charge is 0.331 e. The van der Waals surface area contributed by atoms with Gasteiger partial charge in [-0.1, -0.05) is 12.1 Å². The average Bonchev–Trinajstić information content (AvgIpc) is 3.13. The quantitative estimate of drug-likeness (QED) is 0.752. The van der Waals surface area contributed by atoms with Crippen LogP contribution in [0.1, 0.15) is 28.5 Å². The number of hydrogen-bond acceptors (Lipinski definition) is 7. The molecule has 0 spiro atoms. The van der Waals surface area contributed by atoms with Crippen LogP contribution in [0.4, 0.5) is 4.79 Å². The highest BCUT2D eigenvalue weighted by atomic mass is 16.5. The summed E-state index contributed by atoms with van der Waals surface area (Å²) in [4.78, 5) is 43.0. The third-order valence-corrected chi connectivity index (χ3v) is 5.15. The van der Waals surface area contributed by atoms with E-state index in [1.165, 1.54) is 0 Å². The summed E-state index contributed by atoms with van der Waals surface area (Å²) in [6.45, 7) is 1.72. The number of pyridine rings is 1. The SMILES string of the molecule is COc1ccc(CN2C(=O)NC(=O)C(C3OCc4cnc(C)c(O)c43)C2=O)cc1. The number of rotatable bonds is 4. The van der Waals surface area contributed by atoms with Crippen LogP contribution in [0.25, 0.3) is 0 Å². The van der Waals surface area contributed by atoms with Crippen molar-refractivity contribution in [2.24, 2.45) is 5.92 Å². The molecule has 0 radical (unpaired) electrons. The van der Waals surface area contributed by atoms with Gasteiger partial charge in [-0.15, -0.1) is 0 Å². The van der Waals surface area contributed by atoms with E-state index in [0.717, 1.165) is 4.90 Å². The van der Waals surface area contributed by atoms with Gasteiger partial charge >= 0.3 is 6.03 Å². The number of aromatic hydroxyl groups is 1. The molecule has 1 aromatic carbocycles. The van der Waals surface area contributed by atoms with E-state index in [0.29, 0.717) is 28.1 Å². The molecule has 2 aliphatic heterocycles. The topological polar surface area (TPSA) is 118 Å². The zero-order valence-corrected chi connectivity index (χ0v) is 15.8. The van der Waals surface area contributed by atoms with E-state index in [9.17, 15) is 19.5 Å². The number of carbonyl (C=O) groups excluding carboxylic acids is 3. The van der Waals surface area contributed by atoms with E-state index < -0.39 is 29.9 Å². The van der Waals surface area contributed by atoms with Crippen molar-refractivity contribution in [3.05, 3.63) is 52.8 Å². The van der Waals surface area contributed by atoms with Gasteiger partial charge in [-0.3, -0.25) is 24.8 Å². The van der Waals surface area contributed by atoms with E-state index in [1.807, 2.05) is 0 Å². The van der Waals surface area contributed by atoms with Gasteiger partial charge in [0.05, 0.1) is 26.0 Å². The fraction of sp³-hybridized carbons (Fsp3) is 0.300. The minimum absolute atomic E-state index is 0.0145. The molecule has 2 aromatic rings. The fourth-order valence-electron chi connectivity index (χ4n) is 3.57. The Kier molecular flexibility index (Phi) is 4.67. The van der Waals surface area contributed by atoms with Gasteiger partial charge < -0.3 is 14.6 Å². The lowest BCUT2D eigenvalue weighted by Crippen LogP contribution is -2.58. The van der Waals surface area contributed by atoms with Crippen LogP contribution in [0, 0.1) is 12.8 Å². The molecule has 4 rings (SSSR count). The lowest BCUT2D eigenvalue weighted by atomic mass is 9.90. The lowest BCUT2D eigenvalue weighted by Gasteiger charge is -2.32. The molecule has 0 aliphatic carbocycles. The fourth-order valence-corrected chi connectivity index (χ4v) is 3.57. The number of ether oxygens (including phenoxy) is 2. The van der Waals surface area contributed by atoms with E-state index in [2.05, 4.69) is 10.3 Å². The van der Waals surface area contributed by atoms with Gasteiger partial charge in [-0.25, -0.2) is 4.79 Å². The summed E-state index contributed by atoms with van der Waals surface area (Å²) in [5.41, 5.74) is 2.04. The van der Waals surface area contributed by atoms with Gasteiger partial charge in [0.15, 0.2) is 0 Å². The van der Waals surface area contributed by atoms with Crippen LogP contribution in [0.5, 0.6) is 11.5 Å². The first-order chi connectivity index (χ1) is 13.9. The molecule has 29 heavy (non-hydrogen) atoms. The molecule has 2 aliphatic rings. The van der Waals surface area contributed by atoms with Crippen LogP contribution in [0.3, 0.4) is 0 Å². The highest BCUT2D eigenvalue weighted by Crippen LogP contribution is 2.43. The molecule has 150 valence electrons. The minimum atomic E-state index is -1.29. The number of benzene rings is 1. The Hall–Kier alpha value is -3.46. The highest BCUT2D eigenvalue weighted by molar-refractivity contribution is 6.16. The maximum atomic E-state index is 13.1. The number of nitrogens with one attached hydrogen (secondary N) is 1. The van der Waals surface area contributed by atoms with E-state index in [4.69, 9.17) is 9.47 Å². The second-order valence-electron chi connectivity index (χ2n) is 6.91. The molecule has 2 atom stereocenters. The Bertz CT molecular complexity index is 1000. The van der Waals surface area contributed by atoms with Crippen molar-refractivity contribution in [2.75, 3.05) is 7.11 Å². The zero-order chi connectivity index (χ0) is 20.7. The summed E-state index contributed by atoms with van der Waals surface area (Å²) < 4.78 is 10.8. The maximum absolute atomic E-state index is 13.1. The van der Waals surface area contributed by atoms with Crippen LogP contribution in [-0.4, -0.2) is 39.9 Å². The number of fused-ring (bicyclic) bond motifs is 1. The number of amides is 4. The molecule has 9 nitrogen and oxygen atoms in total. The van der Waals surface area contributed by atoms with E-state index in [-0.39, 0.29) is 18.9 Å². The van der Waals surface area contributed by atoms with Crippen LogP contribution >= 0.6 is 0 Å². The lowest BCUT2D eigenvalue weighted by molar-refractivity contribution is -0.150. The number of imide groups is 2. The summed E-state index contributed by atoms with van der Waals surface area (Å²) in [5, 5.41) is 12.6. The number of urea groups is 1. The van der Waals surface area contributed by atoms with Crippen molar-refractivity contribution in [1.82, 2.24) is 15.2 Å². The van der Waals surface area contributed by atoms with Crippen molar-refractivity contribution >= 4 is 17.8 Å².